The van der Waals surface area contributed by atoms with Crippen LogP contribution in [0.3, 0.4) is 0 Å². The normalized spacial score (nSPS) is 19.6. The molecular formula is C14H19ClN2O. The second-order valence-electron chi connectivity index (χ2n) is 4.82. The van der Waals surface area contributed by atoms with Gasteiger partial charge in [0.1, 0.15) is 0 Å². The minimum Gasteiger partial charge on any atom is -0.340 e. The van der Waals surface area contributed by atoms with Crippen LogP contribution in [-0.2, 0) is 11.3 Å². The Kier molecular flexibility index (Phi) is 4.61. The summed E-state index contributed by atoms with van der Waals surface area (Å²) in [4.78, 5) is 14.0. The third-order valence-corrected chi connectivity index (χ3v) is 3.57. The lowest BCUT2D eigenvalue weighted by atomic mass is 10.0. The van der Waals surface area contributed by atoms with Gasteiger partial charge in [0.2, 0.25) is 5.91 Å². The van der Waals surface area contributed by atoms with Gasteiger partial charge in [-0.3, -0.25) is 4.79 Å². The molecule has 1 aliphatic heterocycles. The summed E-state index contributed by atoms with van der Waals surface area (Å²) in [5, 5.41) is 4.01. The van der Waals surface area contributed by atoms with E-state index in [0.717, 1.165) is 30.0 Å². The number of likely N-dealkylation sites (N-methyl/N-ethyl adjacent to an activating group) is 1. The Labute approximate surface area is 113 Å². The molecule has 1 atom stereocenters. The Hall–Kier alpha value is -1.06. The largest absolute Gasteiger partial charge is 0.340 e. The molecule has 1 amide bonds. The third kappa shape index (κ3) is 3.47. The topological polar surface area (TPSA) is 32.3 Å². The molecule has 1 aromatic rings. The molecule has 0 aliphatic carbocycles. The molecule has 98 valence electrons. The van der Waals surface area contributed by atoms with Crippen molar-refractivity contribution in [2.45, 2.75) is 31.8 Å². The molecule has 0 aromatic heterocycles. The first kappa shape index (κ1) is 13.4. The zero-order valence-corrected chi connectivity index (χ0v) is 11.4. The minimum atomic E-state index is -0.00366. The highest BCUT2D eigenvalue weighted by atomic mass is 35.5. The van der Waals surface area contributed by atoms with E-state index >= 15 is 0 Å². The van der Waals surface area contributed by atoms with E-state index in [2.05, 4.69) is 5.32 Å². The molecule has 3 nitrogen and oxygen atoms in total. The smallest absolute Gasteiger partial charge is 0.239 e. The van der Waals surface area contributed by atoms with E-state index in [1.54, 1.807) is 4.90 Å². The van der Waals surface area contributed by atoms with Gasteiger partial charge in [-0.15, -0.1) is 0 Å². The molecule has 18 heavy (non-hydrogen) atoms. The van der Waals surface area contributed by atoms with Crippen molar-refractivity contribution in [3.63, 3.8) is 0 Å². The summed E-state index contributed by atoms with van der Waals surface area (Å²) in [6.07, 6.45) is 3.26. The van der Waals surface area contributed by atoms with Gasteiger partial charge in [0.05, 0.1) is 6.04 Å². The highest BCUT2D eigenvalue weighted by Gasteiger charge is 2.23. The number of amides is 1. The van der Waals surface area contributed by atoms with Crippen LogP contribution in [-0.4, -0.2) is 30.4 Å². The van der Waals surface area contributed by atoms with Crippen LogP contribution >= 0.6 is 11.6 Å². The van der Waals surface area contributed by atoms with Crippen molar-refractivity contribution >= 4 is 17.5 Å². The average Bonchev–Trinajstić information content (AvgIpc) is 2.41. The lowest BCUT2D eigenvalue weighted by molar-refractivity contribution is -0.133. The van der Waals surface area contributed by atoms with Crippen LogP contribution in [0.15, 0.2) is 24.3 Å². The fourth-order valence-corrected chi connectivity index (χ4v) is 2.40. The highest BCUT2D eigenvalue weighted by Crippen LogP contribution is 2.13. The van der Waals surface area contributed by atoms with Gasteiger partial charge in [-0.2, -0.15) is 0 Å². The maximum Gasteiger partial charge on any atom is 0.239 e. The lowest BCUT2D eigenvalue weighted by Gasteiger charge is -2.27. The Morgan fingerprint density at radius 1 is 1.39 bits per heavy atom. The van der Waals surface area contributed by atoms with Gasteiger partial charge in [0, 0.05) is 18.6 Å². The van der Waals surface area contributed by atoms with E-state index in [9.17, 15) is 4.79 Å². The van der Waals surface area contributed by atoms with Crippen molar-refractivity contribution in [2.24, 2.45) is 0 Å². The predicted octanol–water partition coefficient (Wildman–Crippen LogP) is 2.44. The first-order chi connectivity index (χ1) is 8.66. The lowest BCUT2D eigenvalue weighted by Crippen LogP contribution is -2.46. The molecule has 0 radical (unpaired) electrons. The molecule has 1 unspecified atom stereocenters. The highest BCUT2D eigenvalue weighted by molar-refractivity contribution is 6.30. The van der Waals surface area contributed by atoms with E-state index in [0.29, 0.717) is 6.54 Å². The maximum absolute atomic E-state index is 12.2. The van der Waals surface area contributed by atoms with Crippen LogP contribution in [0.5, 0.6) is 0 Å². The van der Waals surface area contributed by atoms with Crippen LogP contribution in [0.4, 0.5) is 0 Å². The number of piperidine rings is 1. The quantitative estimate of drug-likeness (QED) is 0.911. The van der Waals surface area contributed by atoms with E-state index in [1.165, 1.54) is 6.42 Å². The Morgan fingerprint density at radius 3 is 2.72 bits per heavy atom. The van der Waals surface area contributed by atoms with Gasteiger partial charge in [0.15, 0.2) is 0 Å². The van der Waals surface area contributed by atoms with Gasteiger partial charge < -0.3 is 10.2 Å². The fraction of sp³-hybridized carbons (Fsp3) is 0.500. The first-order valence-corrected chi connectivity index (χ1v) is 6.77. The van der Waals surface area contributed by atoms with E-state index in [1.807, 2.05) is 31.3 Å². The van der Waals surface area contributed by atoms with E-state index < -0.39 is 0 Å². The zero-order valence-electron chi connectivity index (χ0n) is 10.7. The van der Waals surface area contributed by atoms with Crippen LogP contribution in [0.2, 0.25) is 5.02 Å². The molecule has 1 aliphatic rings. The van der Waals surface area contributed by atoms with Crippen LogP contribution in [0.1, 0.15) is 24.8 Å². The fourth-order valence-electron chi connectivity index (χ4n) is 2.27. The molecule has 2 rings (SSSR count). The van der Waals surface area contributed by atoms with Crippen molar-refractivity contribution in [2.75, 3.05) is 13.6 Å². The van der Waals surface area contributed by atoms with E-state index in [4.69, 9.17) is 11.6 Å². The van der Waals surface area contributed by atoms with Crippen LogP contribution < -0.4 is 5.32 Å². The number of halogens is 1. The molecule has 1 heterocycles. The molecule has 1 saturated heterocycles. The van der Waals surface area contributed by atoms with Gasteiger partial charge in [-0.25, -0.2) is 0 Å². The molecular weight excluding hydrogens is 248 g/mol. The molecule has 1 N–H and O–H groups in total. The zero-order chi connectivity index (χ0) is 13.0. The first-order valence-electron chi connectivity index (χ1n) is 6.39. The number of benzene rings is 1. The second-order valence-corrected chi connectivity index (χ2v) is 5.26. The number of nitrogens with zero attached hydrogens (tertiary/aromatic N) is 1. The van der Waals surface area contributed by atoms with Crippen molar-refractivity contribution in [3.8, 4) is 0 Å². The summed E-state index contributed by atoms with van der Waals surface area (Å²) in [7, 11) is 1.85. The molecule has 0 saturated carbocycles. The average molecular weight is 267 g/mol. The summed E-state index contributed by atoms with van der Waals surface area (Å²) in [6, 6.07) is 7.62. The molecule has 1 aromatic carbocycles. The van der Waals surface area contributed by atoms with Crippen molar-refractivity contribution in [3.05, 3.63) is 34.9 Å². The third-order valence-electron chi connectivity index (χ3n) is 3.32. The summed E-state index contributed by atoms with van der Waals surface area (Å²) >= 11 is 5.84. The number of carbonyl (C=O) groups excluding carboxylic acids is 1. The van der Waals surface area contributed by atoms with Crippen molar-refractivity contribution in [1.82, 2.24) is 10.2 Å². The number of hydrogen-bond acceptors (Lipinski definition) is 2. The summed E-state index contributed by atoms with van der Waals surface area (Å²) in [5.74, 6) is 0.185. The van der Waals surface area contributed by atoms with Crippen molar-refractivity contribution in [1.29, 1.82) is 0 Å². The van der Waals surface area contributed by atoms with E-state index in [-0.39, 0.29) is 11.9 Å². The van der Waals surface area contributed by atoms with Crippen LogP contribution in [0.25, 0.3) is 0 Å². The van der Waals surface area contributed by atoms with Gasteiger partial charge in [-0.1, -0.05) is 30.2 Å². The van der Waals surface area contributed by atoms with Crippen LogP contribution in [0, 0.1) is 0 Å². The summed E-state index contributed by atoms with van der Waals surface area (Å²) in [6.45, 7) is 1.58. The monoisotopic (exact) mass is 266 g/mol. The predicted molar refractivity (Wildman–Crippen MR) is 73.6 cm³/mol. The summed E-state index contributed by atoms with van der Waals surface area (Å²) < 4.78 is 0. The number of hydrogen-bond donors (Lipinski definition) is 1. The Morgan fingerprint density at radius 2 is 2.11 bits per heavy atom. The summed E-state index contributed by atoms with van der Waals surface area (Å²) in [5.41, 5.74) is 1.10. The molecule has 4 heteroatoms. The maximum atomic E-state index is 12.2. The van der Waals surface area contributed by atoms with Gasteiger partial charge >= 0.3 is 0 Å². The minimum absolute atomic E-state index is 0.00366. The number of rotatable bonds is 3. The Balaban J connectivity index is 1.92. The number of nitrogens with one attached hydrogen (secondary N) is 1. The standard InChI is InChI=1S/C14H19ClN2O/c1-17(10-11-5-7-12(15)8-6-11)14(18)13-4-2-3-9-16-13/h5-8,13,16H,2-4,9-10H2,1H3. The SMILES string of the molecule is CN(Cc1ccc(Cl)cc1)C(=O)C1CCCCN1. The number of carbonyl (C=O) groups is 1. The second kappa shape index (κ2) is 6.21. The Bertz CT molecular complexity index is 399. The molecule has 0 bridgehead atoms. The van der Waals surface area contributed by atoms with Gasteiger partial charge in [0.25, 0.3) is 0 Å². The molecule has 0 spiro atoms. The van der Waals surface area contributed by atoms with Crippen molar-refractivity contribution < 1.29 is 4.79 Å². The van der Waals surface area contributed by atoms with Gasteiger partial charge in [-0.05, 0) is 37.1 Å². The molecule has 1 fully saturated rings.